The first-order chi connectivity index (χ1) is 11.0. The maximum absolute atomic E-state index is 12.1. The Bertz CT molecular complexity index is 770. The Morgan fingerprint density at radius 3 is 2.70 bits per heavy atom. The number of halogens is 1. The van der Waals surface area contributed by atoms with Gasteiger partial charge in [0.1, 0.15) is 11.9 Å². The van der Waals surface area contributed by atoms with E-state index in [1.54, 1.807) is 16.8 Å². The maximum Gasteiger partial charge on any atom is 0.325 e. The molecule has 0 radical (unpaired) electrons. The van der Waals surface area contributed by atoms with Gasteiger partial charge < -0.3 is 10.4 Å². The van der Waals surface area contributed by atoms with Crippen LogP contribution in [0.4, 0.5) is 0 Å². The van der Waals surface area contributed by atoms with Crippen LogP contribution in [0.1, 0.15) is 42.1 Å². The van der Waals surface area contributed by atoms with Gasteiger partial charge in [-0.3, -0.25) is 9.59 Å². The van der Waals surface area contributed by atoms with E-state index in [-0.39, 0.29) is 11.7 Å². The van der Waals surface area contributed by atoms with Crippen molar-refractivity contribution in [3.63, 3.8) is 0 Å². The number of nitrogens with one attached hydrogen (secondary N) is 1. The molecule has 2 aromatic rings. The topological polar surface area (TPSA) is 97.1 Å². The number of nitrogens with zero attached hydrogens (tertiary/aromatic N) is 3. The lowest BCUT2D eigenvalue weighted by molar-refractivity contribution is -0.138. The van der Waals surface area contributed by atoms with Crippen LogP contribution in [0, 0.1) is 0 Å². The molecule has 2 N–H and O–H groups in total. The SMILES string of the molecule is C[C@@H](NC(=O)c1nc(C2CC2)n(-c2ccccc2Cl)n1)C(=O)O. The van der Waals surface area contributed by atoms with Gasteiger partial charge in [-0.25, -0.2) is 9.67 Å². The average molecular weight is 335 g/mol. The summed E-state index contributed by atoms with van der Waals surface area (Å²) in [6.07, 6.45) is 1.96. The Morgan fingerprint density at radius 2 is 2.09 bits per heavy atom. The summed E-state index contributed by atoms with van der Waals surface area (Å²) in [6, 6.07) is 6.15. The van der Waals surface area contributed by atoms with E-state index in [0.717, 1.165) is 12.8 Å². The largest absolute Gasteiger partial charge is 0.480 e. The van der Waals surface area contributed by atoms with E-state index in [4.69, 9.17) is 16.7 Å². The Morgan fingerprint density at radius 1 is 1.39 bits per heavy atom. The van der Waals surface area contributed by atoms with Gasteiger partial charge in [0, 0.05) is 5.92 Å². The van der Waals surface area contributed by atoms with E-state index in [1.165, 1.54) is 6.92 Å². The molecule has 0 saturated heterocycles. The predicted molar refractivity (Wildman–Crippen MR) is 82.9 cm³/mol. The number of carbonyl (C=O) groups excluding carboxylic acids is 1. The van der Waals surface area contributed by atoms with Gasteiger partial charge in [0.15, 0.2) is 0 Å². The standard InChI is InChI=1S/C15H15ClN4O3/c1-8(15(22)23)17-14(21)12-18-13(9-6-7-9)20(19-12)11-5-3-2-4-10(11)16/h2-5,8-9H,6-7H2,1H3,(H,17,21)(H,22,23)/t8-/m1/s1. The minimum atomic E-state index is -1.12. The summed E-state index contributed by atoms with van der Waals surface area (Å²) < 4.78 is 1.57. The number of carboxylic acid groups (broad SMARTS) is 1. The molecule has 1 saturated carbocycles. The Hall–Kier alpha value is -2.41. The zero-order valence-electron chi connectivity index (χ0n) is 12.4. The summed E-state index contributed by atoms with van der Waals surface area (Å²) in [4.78, 5) is 27.3. The highest BCUT2D eigenvalue weighted by Crippen LogP contribution is 2.40. The van der Waals surface area contributed by atoms with E-state index in [1.807, 2.05) is 12.1 Å². The highest BCUT2D eigenvalue weighted by Gasteiger charge is 2.32. The van der Waals surface area contributed by atoms with Gasteiger partial charge in [0.2, 0.25) is 5.82 Å². The molecule has 8 heteroatoms. The lowest BCUT2D eigenvalue weighted by Crippen LogP contribution is -2.38. The molecule has 1 heterocycles. The number of benzene rings is 1. The summed E-state index contributed by atoms with van der Waals surface area (Å²) in [7, 11) is 0. The van der Waals surface area contributed by atoms with Crippen LogP contribution in [-0.2, 0) is 4.79 Å². The van der Waals surface area contributed by atoms with Crippen LogP contribution < -0.4 is 5.32 Å². The molecule has 0 bridgehead atoms. The Labute approximate surface area is 137 Å². The van der Waals surface area contributed by atoms with Crippen LogP contribution in [-0.4, -0.2) is 37.8 Å². The van der Waals surface area contributed by atoms with Crippen LogP contribution in [0.15, 0.2) is 24.3 Å². The van der Waals surface area contributed by atoms with E-state index in [2.05, 4.69) is 15.4 Å². The zero-order chi connectivity index (χ0) is 16.6. The molecule has 1 fully saturated rings. The van der Waals surface area contributed by atoms with Crippen molar-refractivity contribution < 1.29 is 14.7 Å². The third kappa shape index (κ3) is 3.19. The van der Waals surface area contributed by atoms with E-state index >= 15 is 0 Å². The summed E-state index contributed by atoms with van der Waals surface area (Å²) in [5.74, 6) is -0.873. The first kappa shape index (κ1) is 15.5. The van der Waals surface area contributed by atoms with Gasteiger partial charge in [-0.1, -0.05) is 23.7 Å². The normalized spacial score (nSPS) is 15.2. The summed E-state index contributed by atoms with van der Waals surface area (Å²) >= 11 is 6.20. The van der Waals surface area contributed by atoms with E-state index < -0.39 is 17.9 Å². The number of aliphatic carboxylic acids is 1. The summed E-state index contributed by atoms with van der Waals surface area (Å²) in [6.45, 7) is 1.38. The molecule has 1 aromatic carbocycles. The smallest absolute Gasteiger partial charge is 0.325 e. The third-order valence-corrected chi connectivity index (χ3v) is 3.90. The van der Waals surface area contributed by atoms with Gasteiger partial charge >= 0.3 is 5.97 Å². The van der Waals surface area contributed by atoms with Crippen molar-refractivity contribution in [3.05, 3.63) is 40.9 Å². The van der Waals surface area contributed by atoms with Crippen molar-refractivity contribution in [1.82, 2.24) is 20.1 Å². The van der Waals surface area contributed by atoms with Crippen LogP contribution in [0.2, 0.25) is 5.02 Å². The quantitative estimate of drug-likeness (QED) is 0.871. The molecular weight excluding hydrogens is 320 g/mol. The maximum atomic E-state index is 12.1. The molecule has 0 unspecified atom stereocenters. The van der Waals surface area contributed by atoms with Gasteiger partial charge in [-0.05, 0) is 31.9 Å². The molecule has 0 aliphatic heterocycles. The molecule has 23 heavy (non-hydrogen) atoms. The Kier molecular flexibility index (Phi) is 4.04. The number of aromatic nitrogens is 3. The fraction of sp³-hybridized carbons (Fsp3) is 0.333. The minimum Gasteiger partial charge on any atom is -0.480 e. The number of amides is 1. The van der Waals surface area contributed by atoms with Crippen molar-refractivity contribution in [2.45, 2.75) is 31.7 Å². The number of carboxylic acids is 1. The summed E-state index contributed by atoms with van der Waals surface area (Å²) in [5.41, 5.74) is 0.647. The number of hydrogen-bond acceptors (Lipinski definition) is 4. The van der Waals surface area contributed by atoms with Crippen molar-refractivity contribution in [1.29, 1.82) is 0 Å². The monoisotopic (exact) mass is 334 g/mol. The number of carbonyl (C=O) groups is 2. The third-order valence-electron chi connectivity index (χ3n) is 3.58. The number of rotatable bonds is 5. The lowest BCUT2D eigenvalue weighted by atomic mass is 10.3. The van der Waals surface area contributed by atoms with E-state index in [0.29, 0.717) is 16.5 Å². The second-order valence-electron chi connectivity index (χ2n) is 5.46. The fourth-order valence-electron chi connectivity index (χ4n) is 2.15. The molecule has 1 aromatic heterocycles. The lowest BCUT2D eigenvalue weighted by Gasteiger charge is -2.07. The molecule has 1 aliphatic rings. The van der Waals surface area contributed by atoms with Crippen molar-refractivity contribution >= 4 is 23.5 Å². The summed E-state index contributed by atoms with van der Waals surface area (Å²) in [5, 5.41) is 16.0. The van der Waals surface area contributed by atoms with Crippen LogP contribution in [0.25, 0.3) is 5.69 Å². The molecule has 120 valence electrons. The second-order valence-corrected chi connectivity index (χ2v) is 5.87. The molecule has 7 nitrogen and oxygen atoms in total. The highest BCUT2D eigenvalue weighted by atomic mass is 35.5. The van der Waals surface area contributed by atoms with Crippen molar-refractivity contribution in [2.24, 2.45) is 0 Å². The van der Waals surface area contributed by atoms with Crippen LogP contribution in [0.3, 0.4) is 0 Å². The molecule has 3 rings (SSSR count). The molecule has 0 spiro atoms. The highest BCUT2D eigenvalue weighted by molar-refractivity contribution is 6.32. The van der Waals surface area contributed by atoms with Gasteiger partial charge in [0.25, 0.3) is 5.91 Å². The first-order valence-corrected chi connectivity index (χ1v) is 7.60. The number of para-hydroxylation sites is 1. The predicted octanol–water partition coefficient (Wildman–Crippen LogP) is 2.00. The number of hydrogen-bond donors (Lipinski definition) is 2. The fourth-order valence-corrected chi connectivity index (χ4v) is 2.37. The van der Waals surface area contributed by atoms with E-state index in [9.17, 15) is 9.59 Å². The Balaban J connectivity index is 1.95. The first-order valence-electron chi connectivity index (χ1n) is 7.23. The average Bonchev–Trinajstić information content (AvgIpc) is 3.26. The van der Waals surface area contributed by atoms with Crippen molar-refractivity contribution in [3.8, 4) is 5.69 Å². The van der Waals surface area contributed by atoms with Crippen LogP contribution >= 0.6 is 11.6 Å². The van der Waals surface area contributed by atoms with Gasteiger partial charge in [-0.2, -0.15) is 0 Å². The molecule has 1 aliphatic carbocycles. The molecule has 1 atom stereocenters. The van der Waals surface area contributed by atoms with Gasteiger partial charge in [0.05, 0.1) is 10.7 Å². The van der Waals surface area contributed by atoms with Gasteiger partial charge in [-0.15, -0.1) is 5.10 Å². The zero-order valence-corrected chi connectivity index (χ0v) is 13.1. The molecule has 1 amide bonds. The second kappa shape index (κ2) is 6.00. The van der Waals surface area contributed by atoms with Crippen molar-refractivity contribution in [2.75, 3.05) is 0 Å². The molecular formula is C15H15ClN4O3. The minimum absolute atomic E-state index is 0.0556. The van der Waals surface area contributed by atoms with Crippen LogP contribution in [0.5, 0.6) is 0 Å².